The normalized spacial score (nSPS) is 17.4. The minimum absolute atomic E-state index is 0.00137. The van der Waals surface area contributed by atoms with Crippen molar-refractivity contribution in [1.82, 2.24) is 10.6 Å². The van der Waals surface area contributed by atoms with Crippen molar-refractivity contribution in [1.29, 1.82) is 0 Å². The number of amides is 1. The second-order valence-corrected chi connectivity index (χ2v) is 4.88. The Morgan fingerprint density at radius 2 is 2.18 bits per heavy atom. The molecular weight excluding hydrogens is 286 g/mol. The minimum Gasteiger partial charge on any atom is -0.467 e. The Morgan fingerprint density at radius 1 is 1.41 bits per heavy atom. The van der Waals surface area contributed by atoms with E-state index in [0.717, 1.165) is 5.56 Å². The second-order valence-electron chi connectivity index (χ2n) is 4.88. The van der Waals surface area contributed by atoms with Crippen LogP contribution < -0.4 is 10.6 Å². The zero-order valence-corrected chi connectivity index (χ0v) is 12.3. The molecule has 22 heavy (non-hydrogen) atoms. The molecule has 7 heteroatoms. The zero-order chi connectivity index (χ0) is 15.8. The summed E-state index contributed by atoms with van der Waals surface area (Å²) in [7, 11) is 1.28. The lowest BCUT2D eigenvalue weighted by atomic mass is 10.1. The van der Waals surface area contributed by atoms with E-state index >= 15 is 0 Å². The molecule has 2 unspecified atom stereocenters. The van der Waals surface area contributed by atoms with Crippen molar-refractivity contribution in [2.45, 2.75) is 25.1 Å². The van der Waals surface area contributed by atoms with Crippen LogP contribution in [0, 0.1) is 0 Å². The molecule has 2 N–H and O–H groups in total. The van der Waals surface area contributed by atoms with Crippen molar-refractivity contribution in [2.24, 2.45) is 4.99 Å². The maximum Gasteiger partial charge on any atom is 0.408 e. The van der Waals surface area contributed by atoms with Gasteiger partial charge in [-0.15, -0.1) is 0 Å². The molecule has 118 valence electrons. The number of aliphatic imine (C=N–C) groups is 1. The predicted octanol–water partition coefficient (Wildman–Crippen LogP) is 0.845. The van der Waals surface area contributed by atoms with Gasteiger partial charge in [0.2, 0.25) is 0 Å². The van der Waals surface area contributed by atoms with Crippen LogP contribution >= 0.6 is 0 Å². The van der Waals surface area contributed by atoms with Crippen molar-refractivity contribution in [3.05, 3.63) is 35.9 Å². The van der Waals surface area contributed by atoms with Crippen LogP contribution in [-0.2, 0) is 20.9 Å². The first-order valence-electron chi connectivity index (χ1n) is 6.98. The first-order valence-corrected chi connectivity index (χ1v) is 6.98. The summed E-state index contributed by atoms with van der Waals surface area (Å²) >= 11 is 0. The molecule has 7 nitrogen and oxygen atoms in total. The molecule has 1 amide bonds. The Kier molecular flexibility index (Phi) is 5.76. The number of methoxy groups -OCH3 is 1. The number of ether oxygens (including phenoxy) is 2. The summed E-state index contributed by atoms with van der Waals surface area (Å²) in [5.74, 6) is -0.509. The summed E-state index contributed by atoms with van der Waals surface area (Å²) in [6, 6.07) is 8.54. The van der Waals surface area contributed by atoms with Gasteiger partial charge in [-0.2, -0.15) is 0 Å². The Balaban J connectivity index is 1.83. The molecule has 0 aromatic heterocycles. The summed E-state index contributed by atoms with van der Waals surface area (Å²) in [5.41, 5.74) is 0.873. The molecule has 0 bridgehead atoms. The molecule has 1 aromatic carbocycles. The molecule has 0 fully saturated rings. The number of hydrogen-bond acceptors (Lipinski definition) is 6. The van der Waals surface area contributed by atoms with Crippen LogP contribution in [-0.4, -0.2) is 44.1 Å². The Labute approximate surface area is 128 Å². The molecule has 1 aromatic rings. The molecule has 0 saturated heterocycles. The highest BCUT2D eigenvalue weighted by Crippen LogP contribution is 2.06. The van der Waals surface area contributed by atoms with Crippen molar-refractivity contribution < 1.29 is 19.1 Å². The number of carbonyl (C=O) groups is 2. The van der Waals surface area contributed by atoms with Gasteiger partial charge in [-0.3, -0.25) is 4.99 Å². The fourth-order valence-electron chi connectivity index (χ4n) is 2.08. The van der Waals surface area contributed by atoms with Crippen LogP contribution in [0.2, 0.25) is 0 Å². The lowest BCUT2D eigenvalue weighted by molar-refractivity contribution is -0.143. The third kappa shape index (κ3) is 4.76. The SMILES string of the molecule is COC(=O)C(CC1CN=CN1)NC(=O)OCc1ccccc1. The van der Waals surface area contributed by atoms with E-state index in [2.05, 4.69) is 15.6 Å². The predicted molar refractivity (Wildman–Crippen MR) is 80.5 cm³/mol. The van der Waals surface area contributed by atoms with Gasteiger partial charge in [0.15, 0.2) is 0 Å². The molecule has 1 heterocycles. The van der Waals surface area contributed by atoms with E-state index in [1.54, 1.807) is 6.34 Å². The van der Waals surface area contributed by atoms with E-state index < -0.39 is 18.1 Å². The molecule has 1 aliphatic heterocycles. The summed E-state index contributed by atoms with van der Waals surface area (Å²) in [4.78, 5) is 27.6. The van der Waals surface area contributed by atoms with Gasteiger partial charge < -0.3 is 20.1 Å². The van der Waals surface area contributed by atoms with Crippen molar-refractivity contribution in [3.8, 4) is 0 Å². The van der Waals surface area contributed by atoms with E-state index in [1.165, 1.54) is 7.11 Å². The second kappa shape index (κ2) is 8.02. The van der Waals surface area contributed by atoms with Gasteiger partial charge in [-0.05, 0) is 5.56 Å². The fraction of sp³-hybridized carbons (Fsp3) is 0.400. The van der Waals surface area contributed by atoms with Gasteiger partial charge >= 0.3 is 12.1 Å². The lowest BCUT2D eigenvalue weighted by Gasteiger charge is -2.19. The molecule has 0 spiro atoms. The molecule has 2 atom stereocenters. The van der Waals surface area contributed by atoms with Crippen LogP contribution in [0.5, 0.6) is 0 Å². The highest BCUT2D eigenvalue weighted by Gasteiger charge is 2.26. The number of alkyl carbamates (subject to hydrolysis) is 1. The average Bonchev–Trinajstić information content (AvgIpc) is 3.05. The number of esters is 1. The number of nitrogens with zero attached hydrogens (tertiary/aromatic N) is 1. The number of nitrogens with one attached hydrogen (secondary N) is 2. The van der Waals surface area contributed by atoms with Crippen LogP contribution in [0.1, 0.15) is 12.0 Å². The smallest absolute Gasteiger partial charge is 0.408 e. The number of hydrogen-bond donors (Lipinski definition) is 2. The quantitative estimate of drug-likeness (QED) is 0.760. The fourth-order valence-corrected chi connectivity index (χ4v) is 2.08. The first kappa shape index (κ1) is 15.8. The summed E-state index contributed by atoms with van der Waals surface area (Å²) in [5, 5.41) is 5.54. The van der Waals surface area contributed by atoms with E-state index in [0.29, 0.717) is 13.0 Å². The summed E-state index contributed by atoms with van der Waals surface area (Å²) in [6.07, 6.45) is 1.32. The molecule has 0 aliphatic carbocycles. The minimum atomic E-state index is -0.771. The maximum atomic E-state index is 11.8. The van der Waals surface area contributed by atoms with Crippen molar-refractivity contribution in [2.75, 3.05) is 13.7 Å². The van der Waals surface area contributed by atoms with Crippen molar-refractivity contribution >= 4 is 18.4 Å². The van der Waals surface area contributed by atoms with Crippen LogP contribution in [0.4, 0.5) is 4.79 Å². The van der Waals surface area contributed by atoms with E-state index in [1.807, 2.05) is 30.3 Å². The lowest BCUT2D eigenvalue weighted by Crippen LogP contribution is -2.45. The van der Waals surface area contributed by atoms with Gasteiger partial charge in [0.25, 0.3) is 0 Å². The van der Waals surface area contributed by atoms with Crippen molar-refractivity contribution in [3.63, 3.8) is 0 Å². The standard InChI is InChI=1S/C15H19N3O4/c1-21-14(19)13(7-12-8-16-10-17-12)18-15(20)22-9-11-5-3-2-4-6-11/h2-6,10,12-13H,7-9H2,1H3,(H,16,17)(H,18,20). The Bertz CT molecular complexity index is 525. The average molecular weight is 305 g/mol. The molecule has 2 rings (SSSR count). The zero-order valence-electron chi connectivity index (χ0n) is 12.3. The largest absolute Gasteiger partial charge is 0.467 e. The highest BCUT2D eigenvalue weighted by atomic mass is 16.6. The number of rotatable bonds is 6. The van der Waals surface area contributed by atoms with Gasteiger partial charge in [-0.25, -0.2) is 9.59 Å². The Hall–Kier alpha value is -2.57. The summed E-state index contributed by atoms with van der Waals surface area (Å²) in [6.45, 7) is 0.708. The Morgan fingerprint density at radius 3 is 2.82 bits per heavy atom. The third-order valence-electron chi connectivity index (χ3n) is 3.24. The molecular formula is C15H19N3O4. The van der Waals surface area contributed by atoms with Crippen LogP contribution in [0.15, 0.2) is 35.3 Å². The molecule has 0 radical (unpaired) electrons. The monoisotopic (exact) mass is 305 g/mol. The van der Waals surface area contributed by atoms with Gasteiger partial charge in [0.05, 0.1) is 20.0 Å². The van der Waals surface area contributed by atoms with Gasteiger partial charge in [0.1, 0.15) is 12.6 Å². The van der Waals surface area contributed by atoms with Gasteiger partial charge in [0, 0.05) is 12.5 Å². The highest BCUT2D eigenvalue weighted by molar-refractivity contribution is 5.81. The molecule has 0 saturated carbocycles. The third-order valence-corrected chi connectivity index (χ3v) is 3.24. The van der Waals surface area contributed by atoms with E-state index in [4.69, 9.17) is 9.47 Å². The van der Waals surface area contributed by atoms with Crippen LogP contribution in [0.25, 0.3) is 0 Å². The topological polar surface area (TPSA) is 89.0 Å². The first-order chi connectivity index (χ1) is 10.7. The van der Waals surface area contributed by atoms with Gasteiger partial charge in [-0.1, -0.05) is 30.3 Å². The summed E-state index contributed by atoms with van der Waals surface area (Å²) < 4.78 is 9.82. The van der Waals surface area contributed by atoms with Crippen LogP contribution in [0.3, 0.4) is 0 Å². The number of benzene rings is 1. The number of carbonyl (C=O) groups excluding carboxylic acids is 2. The maximum absolute atomic E-state index is 11.8. The van der Waals surface area contributed by atoms with E-state index in [-0.39, 0.29) is 12.6 Å². The molecule has 1 aliphatic rings. The van der Waals surface area contributed by atoms with E-state index in [9.17, 15) is 9.59 Å².